The molecule has 0 spiro atoms. The van der Waals surface area contributed by atoms with Gasteiger partial charge in [-0.1, -0.05) is 17.7 Å². The second-order valence-electron chi connectivity index (χ2n) is 6.46. The molecule has 0 unspecified atom stereocenters. The normalized spacial score (nSPS) is 15.2. The lowest BCUT2D eigenvalue weighted by molar-refractivity contribution is 0.247. The van der Waals surface area contributed by atoms with E-state index in [-0.39, 0.29) is 0 Å². The topological polar surface area (TPSA) is 57.2 Å². The molecule has 26 heavy (non-hydrogen) atoms. The van der Waals surface area contributed by atoms with Gasteiger partial charge in [0.1, 0.15) is 5.82 Å². The quantitative estimate of drug-likeness (QED) is 0.748. The zero-order valence-corrected chi connectivity index (χ0v) is 15.6. The molecule has 0 bridgehead atoms. The largest absolute Gasteiger partial charge is 0.353 e. The van der Waals surface area contributed by atoms with Crippen LogP contribution in [0.3, 0.4) is 0 Å². The smallest absolute Gasteiger partial charge is 0.187 e. The first-order valence-electron chi connectivity index (χ1n) is 8.78. The van der Waals surface area contributed by atoms with Crippen LogP contribution in [-0.4, -0.2) is 46.0 Å². The molecule has 3 heterocycles. The fraction of sp³-hybridized carbons (Fsp3) is 0.316. The third kappa shape index (κ3) is 4.17. The van der Waals surface area contributed by atoms with Gasteiger partial charge < -0.3 is 10.2 Å². The molecule has 3 aromatic rings. The summed E-state index contributed by atoms with van der Waals surface area (Å²) in [4.78, 5) is 18.0. The second kappa shape index (κ2) is 7.80. The van der Waals surface area contributed by atoms with E-state index in [2.05, 4.69) is 61.7 Å². The van der Waals surface area contributed by atoms with Crippen molar-refractivity contribution in [2.45, 2.75) is 13.5 Å². The van der Waals surface area contributed by atoms with Gasteiger partial charge in [0.05, 0.1) is 11.9 Å². The molecular formula is C19H22N6S. The summed E-state index contributed by atoms with van der Waals surface area (Å²) >= 11 is 1.66. The van der Waals surface area contributed by atoms with Crippen LogP contribution < -0.4 is 10.2 Å². The SMILES string of the molecule is Cc1ccc(Nc2nc(CN3CCN(c4cnccn4)CC3)cs2)cc1. The summed E-state index contributed by atoms with van der Waals surface area (Å²) in [6.45, 7) is 6.94. The molecular weight excluding hydrogens is 344 g/mol. The van der Waals surface area contributed by atoms with E-state index in [1.165, 1.54) is 5.56 Å². The minimum Gasteiger partial charge on any atom is -0.353 e. The highest BCUT2D eigenvalue weighted by Gasteiger charge is 2.19. The Morgan fingerprint density at radius 2 is 1.88 bits per heavy atom. The minimum absolute atomic E-state index is 0.889. The maximum atomic E-state index is 4.73. The van der Waals surface area contributed by atoms with Crippen LogP contribution in [0, 0.1) is 6.92 Å². The molecule has 134 valence electrons. The predicted octanol–water partition coefficient (Wildman–Crippen LogP) is 3.31. The van der Waals surface area contributed by atoms with E-state index in [0.29, 0.717) is 0 Å². The molecule has 1 aliphatic rings. The molecule has 1 aliphatic heterocycles. The molecule has 1 saturated heterocycles. The Kier molecular flexibility index (Phi) is 5.08. The average molecular weight is 366 g/mol. The zero-order valence-electron chi connectivity index (χ0n) is 14.8. The Morgan fingerprint density at radius 1 is 1.08 bits per heavy atom. The summed E-state index contributed by atoms with van der Waals surface area (Å²) < 4.78 is 0. The van der Waals surface area contributed by atoms with Crippen molar-refractivity contribution in [2.24, 2.45) is 0 Å². The number of hydrogen-bond donors (Lipinski definition) is 1. The summed E-state index contributed by atoms with van der Waals surface area (Å²) in [6, 6.07) is 8.38. The highest BCUT2D eigenvalue weighted by Crippen LogP contribution is 2.22. The molecule has 4 rings (SSSR count). The van der Waals surface area contributed by atoms with Gasteiger partial charge in [-0.2, -0.15) is 0 Å². The third-order valence-corrected chi connectivity index (χ3v) is 5.29. The van der Waals surface area contributed by atoms with Crippen LogP contribution in [0.1, 0.15) is 11.3 Å². The van der Waals surface area contributed by atoms with E-state index in [4.69, 9.17) is 4.98 Å². The van der Waals surface area contributed by atoms with Crippen LogP contribution in [0.2, 0.25) is 0 Å². The number of aryl methyl sites for hydroxylation is 1. The molecule has 0 aliphatic carbocycles. The van der Waals surface area contributed by atoms with Crippen molar-refractivity contribution in [3.05, 3.63) is 59.5 Å². The van der Waals surface area contributed by atoms with Gasteiger partial charge in [-0.3, -0.25) is 9.88 Å². The lowest BCUT2D eigenvalue weighted by Gasteiger charge is -2.34. The third-order valence-electron chi connectivity index (χ3n) is 4.49. The van der Waals surface area contributed by atoms with Gasteiger partial charge in [-0.15, -0.1) is 11.3 Å². The van der Waals surface area contributed by atoms with Gasteiger partial charge in [0.2, 0.25) is 0 Å². The Labute approximate surface area is 157 Å². The summed E-state index contributed by atoms with van der Waals surface area (Å²) in [5.41, 5.74) is 3.46. The van der Waals surface area contributed by atoms with Crippen molar-refractivity contribution in [3.8, 4) is 0 Å². The first-order chi connectivity index (χ1) is 12.8. The number of nitrogens with one attached hydrogen (secondary N) is 1. The van der Waals surface area contributed by atoms with E-state index >= 15 is 0 Å². The Hall–Kier alpha value is -2.51. The second-order valence-corrected chi connectivity index (χ2v) is 7.32. The lowest BCUT2D eigenvalue weighted by Crippen LogP contribution is -2.46. The predicted molar refractivity (Wildman–Crippen MR) is 106 cm³/mol. The standard InChI is InChI=1S/C19H22N6S/c1-15-2-4-16(5-3-15)22-19-23-17(14-26-19)13-24-8-10-25(11-9-24)18-12-20-6-7-21-18/h2-7,12,14H,8-11,13H2,1H3,(H,22,23). The number of hydrogen-bond acceptors (Lipinski definition) is 7. The summed E-state index contributed by atoms with van der Waals surface area (Å²) in [6.07, 6.45) is 5.29. The summed E-state index contributed by atoms with van der Waals surface area (Å²) in [5, 5.41) is 6.47. The van der Waals surface area contributed by atoms with Crippen LogP contribution >= 0.6 is 11.3 Å². The number of nitrogens with zero attached hydrogens (tertiary/aromatic N) is 5. The highest BCUT2D eigenvalue weighted by molar-refractivity contribution is 7.13. The average Bonchev–Trinajstić information content (AvgIpc) is 3.12. The number of aromatic nitrogens is 3. The highest BCUT2D eigenvalue weighted by atomic mass is 32.1. The number of benzene rings is 1. The maximum Gasteiger partial charge on any atom is 0.187 e. The molecule has 7 heteroatoms. The molecule has 1 N–H and O–H groups in total. The van der Waals surface area contributed by atoms with Gasteiger partial charge in [-0.05, 0) is 19.1 Å². The van der Waals surface area contributed by atoms with Crippen molar-refractivity contribution in [3.63, 3.8) is 0 Å². The molecule has 0 amide bonds. The van der Waals surface area contributed by atoms with Crippen molar-refractivity contribution < 1.29 is 0 Å². The maximum absolute atomic E-state index is 4.73. The molecule has 0 saturated carbocycles. The van der Waals surface area contributed by atoms with Crippen LogP contribution in [0.25, 0.3) is 0 Å². The number of anilines is 3. The zero-order chi connectivity index (χ0) is 17.8. The van der Waals surface area contributed by atoms with E-state index in [0.717, 1.165) is 55.1 Å². The lowest BCUT2D eigenvalue weighted by atomic mass is 10.2. The van der Waals surface area contributed by atoms with Crippen molar-refractivity contribution in [2.75, 3.05) is 36.4 Å². The van der Waals surface area contributed by atoms with Gasteiger partial charge in [0, 0.05) is 56.2 Å². The first-order valence-corrected chi connectivity index (χ1v) is 9.66. The van der Waals surface area contributed by atoms with E-state index < -0.39 is 0 Å². The van der Waals surface area contributed by atoms with Crippen molar-refractivity contribution in [1.29, 1.82) is 0 Å². The van der Waals surface area contributed by atoms with E-state index in [9.17, 15) is 0 Å². The minimum atomic E-state index is 0.889. The van der Waals surface area contributed by atoms with Crippen LogP contribution in [0.15, 0.2) is 48.2 Å². The number of rotatable bonds is 5. The van der Waals surface area contributed by atoms with Crippen LogP contribution in [0.5, 0.6) is 0 Å². The van der Waals surface area contributed by atoms with Crippen molar-refractivity contribution in [1.82, 2.24) is 19.9 Å². The van der Waals surface area contributed by atoms with Gasteiger partial charge in [0.25, 0.3) is 0 Å². The van der Waals surface area contributed by atoms with Crippen LogP contribution in [-0.2, 0) is 6.54 Å². The molecule has 1 fully saturated rings. The first kappa shape index (κ1) is 16.9. The van der Waals surface area contributed by atoms with E-state index in [1.54, 1.807) is 23.7 Å². The van der Waals surface area contributed by atoms with Gasteiger partial charge in [0.15, 0.2) is 5.13 Å². The van der Waals surface area contributed by atoms with Crippen molar-refractivity contribution >= 4 is 28.0 Å². The fourth-order valence-corrected chi connectivity index (χ4v) is 3.74. The van der Waals surface area contributed by atoms with Gasteiger partial charge in [-0.25, -0.2) is 9.97 Å². The molecule has 0 radical (unpaired) electrons. The summed E-state index contributed by atoms with van der Waals surface area (Å²) in [5.74, 6) is 0.963. The number of thiazole rings is 1. The molecule has 6 nitrogen and oxygen atoms in total. The van der Waals surface area contributed by atoms with Gasteiger partial charge >= 0.3 is 0 Å². The Bertz CT molecular complexity index is 825. The molecule has 1 aromatic carbocycles. The van der Waals surface area contributed by atoms with Crippen LogP contribution in [0.4, 0.5) is 16.6 Å². The Balaban J connectivity index is 1.30. The monoisotopic (exact) mass is 366 g/mol. The summed E-state index contributed by atoms with van der Waals surface area (Å²) in [7, 11) is 0. The number of piperazine rings is 1. The molecule has 0 atom stereocenters. The fourth-order valence-electron chi connectivity index (χ4n) is 3.02. The Morgan fingerprint density at radius 3 is 2.62 bits per heavy atom. The molecule has 2 aromatic heterocycles. The van der Waals surface area contributed by atoms with E-state index in [1.807, 2.05) is 6.20 Å².